The summed E-state index contributed by atoms with van der Waals surface area (Å²) in [5.41, 5.74) is -0.0936. The van der Waals surface area contributed by atoms with E-state index >= 15 is 0 Å². The first-order chi connectivity index (χ1) is 14.4. The van der Waals surface area contributed by atoms with E-state index in [1.54, 1.807) is 0 Å². The molecule has 1 aliphatic heterocycles. The van der Waals surface area contributed by atoms with Gasteiger partial charge in [0.2, 0.25) is 0 Å². The molecule has 0 atom stereocenters. The van der Waals surface area contributed by atoms with Gasteiger partial charge in [-0.25, -0.2) is 8.78 Å². The van der Waals surface area contributed by atoms with Gasteiger partial charge in [0.15, 0.2) is 17.3 Å². The molecule has 0 N–H and O–H groups in total. The summed E-state index contributed by atoms with van der Waals surface area (Å²) in [6.07, 6.45) is 7.12. The fraction of sp³-hybridized carbons (Fsp3) is 0.667. The van der Waals surface area contributed by atoms with Crippen LogP contribution in [0.4, 0.5) is 17.6 Å². The van der Waals surface area contributed by atoms with Crippen LogP contribution in [-0.2, 0) is 0 Å². The lowest BCUT2D eigenvalue weighted by atomic mass is 9.68. The maximum atomic E-state index is 14.9. The van der Waals surface area contributed by atoms with Gasteiger partial charge < -0.3 is 9.47 Å². The van der Waals surface area contributed by atoms with E-state index in [0.717, 1.165) is 30.7 Å². The number of allylic oxidation sites excluding steroid dienone is 1. The van der Waals surface area contributed by atoms with Crippen LogP contribution in [0.2, 0.25) is 0 Å². The minimum atomic E-state index is -3.77. The van der Waals surface area contributed by atoms with E-state index in [4.69, 9.17) is 0 Å². The molecule has 4 rings (SSSR count). The zero-order chi connectivity index (χ0) is 21.3. The Morgan fingerprint density at radius 2 is 1.50 bits per heavy atom. The summed E-state index contributed by atoms with van der Waals surface area (Å²) in [5.74, 6) is -0.429. The second-order valence-electron chi connectivity index (χ2n) is 9.17. The zero-order valence-electron chi connectivity index (χ0n) is 17.4. The number of alkyl halides is 2. The molecule has 6 heteroatoms. The molecule has 0 spiro atoms. The maximum absolute atomic E-state index is 14.9. The van der Waals surface area contributed by atoms with E-state index in [-0.39, 0.29) is 17.1 Å². The number of hydrogen-bond acceptors (Lipinski definition) is 2. The molecule has 0 unspecified atom stereocenters. The molecule has 0 saturated heterocycles. The Bertz CT molecular complexity index is 775. The monoisotopic (exact) mass is 426 g/mol. The van der Waals surface area contributed by atoms with Crippen molar-refractivity contribution in [3.8, 4) is 11.5 Å². The first kappa shape index (κ1) is 21.5. The third-order valence-corrected chi connectivity index (χ3v) is 7.25. The van der Waals surface area contributed by atoms with Gasteiger partial charge in [0, 0.05) is 11.5 Å². The van der Waals surface area contributed by atoms with Crippen molar-refractivity contribution < 1.29 is 27.0 Å². The molecule has 0 bridgehead atoms. The molecule has 1 aromatic rings. The molecule has 30 heavy (non-hydrogen) atoms. The smallest absolute Gasteiger partial charge is 0.395 e. The number of rotatable bonds is 5. The van der Waals surface area contributed by atoms with E-state index in [1.165, 1.54) is 50.7 Å². The molecule has 2 nitrogen and oxygen atoms in total. The Hall–Kier alpha value is -1.72. The van der Waals surface area contributed by atoms with Gasteiger partial charge in [-0.05, 0) is 74.5 Å². The van der Waals surface area contributed by atoms with Crippen molar-refractivity contribution in [3.05, 3.63) is 29.6 Å². The van der Waals surface area contributed by atoms with Gasteiger partial charge in [-0.3, -0.25) is 0 Å². The van der Waals surface area contributed by atoms with Crippen molar-refractivity contribution in [2.75, 3.05) is 0 Å². The van der Waals surface area contributed by atoms with Crippen LogP contribution in [0.25, 0.3) is 5.83 Å². The highest BCUT2D eigenvalue weighted by Gasteiger charge is 2.43. The molecule has 0 aromatic heterocycles. The molecule has 1 heterocycles. The second-order valence-corrected chi connectivity index (χ2v) is 9.17. The van der Waals surface area contributed by atoms with Crippen molar-refractivity contribution in [1.29, 1.82) is 0 Å². The third kappa shape index (κ3) is 4.62. The summed E-state index contributed by atoms with van der Waals surface area (Å²) in [6.45, 7) is 2.24. The van der Waals surface area contributed by atoms with Crippen molar-refractivity contribution >= 4 is 5.83 Å². The average molecular weight is 426 g/mol. The number of halogens is 4. The molecule has 166 valence electrons. The molecular formula is C24H30F4O2. The number of fused-ring (bicyclic) bond motifs is 1. The highest BCUT2D eigenvalue weighted by atomic mass is 19.3. The van der Waals surface area contributed by atoms with E-state index in [9.17, 15) is 17.6 Å². The minimum absolute atomic E-state index is 0.0936. The minimum Gasteiger partial charge on any atom is -0.395 e. The van der Waals surface area contributed by atoms with Crippen LogP contribution in [0, 0.1) is 23.7 Å². The van der Waals surface area contributed by atoms with Gasteiger partial charge in [0.1, 0.15) is 5.83 Å². The summed E-state index contributed by atoms with van der Waals surface area (Å²) < 4.78 is 64.6. The number of benzene rings is 1. The van der Waals surface area contributed by atoms with Gasteiger partial charge >= 0.3 is 6.29 Å². The average Bonchev–Trinajstić information content (AvgIpc) is 3.06. The number of hydrogen-bond donors (Lipinski definition) is 0. The lowest BCUT2D eigenvalue weighted by Gasteiger charge is -2.37. The predicted octanol–water partition coefficient (Wildman–Crippen LogP) is 8.03. The largest absolute Gasteiger partial charge is 0.586 e. The first-order valence-electron chi connectivity index (χ1n) is 11.3. The van der Waals surface area contributed by atoms with Gasteiger partial charge in [0.25, 0.3) is 0 Å². The summed E-state index contributed by atoms with van der Waals surface area (Å²) in [7, 11) is 0. The van der Waals surface area contributed by atoms with Crippen LogP contribution in [0.5, 0.6) is 11.5 Å². The van der Waals surface area contributed by atoms with Gasteiger partial charge in [-0.15, -0.1) is 8.78 Å². The third-order valence-electron chi connectivity index (χ3n) is 7.25. The lowest BCUT2D eigenvalue weighted by Crippen LogP contribution is -2.26. The van der Waals surface area contributed by atoms with Gasteiger partial charge in [0.05, 0.1) is 0 Å². The van der Waals surface area contributed by atoms with E-state index in [2.05, 4.69) is 16.4 Å². The Kier molecular flexibility index (Phi) is 6.31. The first-order valence-corrected chi connectivity index (χ1v) is 11.3. The van der Waals surface area contributed by atoms with E-state index in [1.807, 2.05) is 0 Å². The Morgan fingerprint density at radius 3 is 2.13 bits per heavy atom. The summed E-state index contributed by atoms with van der Waals surface area (Å²) >= 11 is 0. The van der Waals surface area contributed by atoms with Crippen LogP contribution in [0.3, 0.4) is 0 Å². The maximum Gasteiger partial charge on any atom is 0.586 e. The van der Waals surface area contributed by atoms with Gasteiger partial charge in [-0.2, -0.15) is 0 Å². The topological polar surface area (TPSA) is 18.5 Å². The Labute approximate surface area is 175 Å². The molecule has 3 aliphatic rings. The highest BCUT2D eigenvalue weighted by molar-refractivity contribution is 5.65. The van der Waals surface area contributed by atoms with E-state index < -0.39 is 23.9 Å². The van der Waals surface area contributed by atoms with E-state index in [0.29, 0.717) is 18.8 Å². The Morgan fingerprint density at radius 1 is 0.900 bits per heavy atom. The molecular weight excluding hydrogens is 396 g/mol. The molecule has 2 saturated carbocycles. The fourth-order valence-electron chi connectivity index (χ4n) is 5.60. The van der Waals surface area contributed by atoms with Crippen LogP contribution < -0.4 is 9.47 Å². The van der Waals surface area contributed by atoms with Crippen molar-refractivity contribution in [2.24, 2.45) is 23.7 Å². The normalized spacial score (nSPS) is 31.4. The number of ether oxygens (including phenoxy) is 2. The van der Waals surface area contributed by atoms with Crippen molar-refractivity contribution in [3.63, 3.8) is 0 Å². The molecule has 1 aromatic carbocycles. The molecule has 0 radical (unpaired) electrons. The SMILES string of the molecule is CCCC1CCC(C2CCC(/C(F)=C(\F)c3ccc4c(c3)OC(F)(F)O4)CC2)CC1. The van der Waals surface area contributed by atoms with Crippen LogP contribution in [-0.4, -0.2) is 6.29 Å². The summed E-state index contributed by atoms with van der Waals surface area (Å²) in [6, 6.07) is 3.51. The quantitative estimate of drug-likeness (QED) is 0.444. The predicted molar refractivity (Wildman–Crippen MR) is 108 cm³/mol. The summed E-state index contributed by atoms with van der Waals surface area (Å²) in [4.78, 5) is 0. The van der Waals surface area contributed by atoms with Gasteiger partial charge in [-0.1, -0.05) is 32.6 Å². The summed E-state index contributed by atoms with van der Waals surface area (Å²) in [5, 5.41) is 0. The molecule has 0 amide bonds. The second kappa shape index (κ2) is 8.80. The molecule has 2 fully saturated rings. The highest BCUT2D eigenvalue weighted by Crippen LogP contribution is 2.46. The van der Waals surface area contributed by atoms with Crippen LogP contribution in [0.15, 0.2) is 24.0 Å². The van der Waals surface area contributed by atoms with Crippen LogP contribution >= 0.6 is 0 Å². The van der Waals surface area contributed by atoms with Crippen molar-refractivity contribution in [1.82, 2.24) is 0 Å². The van der Waals surface area contributed by atoms with Crippen LogP contribution in [0.1, 0.15) is 76.7 Å². The fourth-order valence-corrected chi connectivity index (χ4v) is 5.60. The standard InChI is InChI=1S/C24H30F4O2/c1-2-3-15-4-6-16(7-5-15)17-8-10-18(11-9-17)22(25)23(26)19-12-13-20-21(14-19)30-24(27,28)29-20/h12-18H,2-11H2,1H3/b23-22+. The zero-order valence-corrected chi connectivity index (χ0v) is 17.4. The Balaban J connectivity index is 1.35. The lowest BCUT2D eigenvalue weighted by molar-refractivity contribution is -0.286. The molecule has 2 aliphatic carbocycles. The van der Waals surface area contributed by atoms with Crippen molar-refractivity contribution in [2.45, 2.75) is 77.4 Å².